The van der Waals surface area contributed by atoms with E-state index in [1.165, 1.54) is 26.2 Å². The van der Waals surface area contributed by atoms with Gasteiger partial charge in [0.15, 0.2) is 5.11 Å². The highest BCUT2D eigenvalue weighted by atomic mass is 35.5. The quantitative estimate of drug-likeness (QED) is 0.518. The number of nitrogen functional groups attached to an aromatic ring is 1. The summed E-state index contributed by atoms with van der Waals surface area (Å²) in [7, 11) is -0.592. The van der Waals surface area contributed by atoms with Crippen molar-refractivity contribution in [3.8, 4) is 0 Å². The standard InChI is InChI=1S/C15H16Cl2N4O2S2/c1-21(2)25(22,23)11-5-3-4-9(6-11)19-15(24)20-10-7-12(16)14(18)13(17)8-10/h3-8H,18H2,1-2H3,(H2,19,20,24). The monoisotopic (exact) mass is 418 g/mol. The van der Waals surface area contributed by atoms with E-state index >= 15 is 0 Å². The Labute approximate surface area is 162 Å². The summed E-state index contributed by atoms with van der Waals surface area (Å²) >= 11 is 17.2. The van der Waals surface area contributed by atoms with Crippen molar-refractivity contribution in [1.29, 1.82) is 0 Å². The van der Waals surface area contributed by atoms with Crippen LogP contribution in [0.5, 0.6) is 0 Å². The molecule has 2 aromatic rings. The van der Waals surface area contributed by atoms with Crippen molar-refractivity contribution in [1.82, 2.24) is 4.31 Å². The second-order valence-corrected chi connectivity index (χ2v) is 8.62. The Kier molecular flexibility index (Phi) is 6.12. The maximum Gasteiger partial charge on any atom is 0.242 e. The van der Waals surface area contributed by atoms with Gasteiger partial charge in [-0.1, -0.05) is 29.3 Å². The Morgan fingerprint density at radius 1 is 1.08 bits per heavy atom. The van der Waals surface area contributed by atoms with Gasteiger partial charge in [0.2, 0.25) is 10.0 Å². The number of nitrogens with two attached hydrogens (primary N) is 1. The number of thiocarbonyl (C=S) groups is 1. The highest BCUT2D eigenvalue weighted by Gasteiger charge is 2.17. The van der Waals surface area contributed by atoms with Crippen LogP contribution in [0, 0.1) is 0 Å². The number of halogens is 2. The summed E-state index contributed by atoms with van der Waals surface area (Å²) in [6.45, 7) is 0. The number of benzene rings is 2. The Morgan fingerprint density at radius 2 is 1.64 bits per heavy atom. The molecule has 0 aliphatic carbocycles. The zero-order chi connectivity index (χ0) is 18.8. The number of sulfonamides is 1. The van der Waals surface area contributed by atoms with Crippen molar-refractivity contribution in [2.75, 3.05) is 30.5 Å². The predicted molar refractivity (Wildman–Crippen MR) is 108 cm³/mol. The third-order valence-corrected chi connectivity index (χ3v) is 5.85. The zero-order valence-corrected chi connectivity index (χ0v) is 16.5. The van der Waals surface area contributed by atoms with E-state index in [0.29, 0.717) is 21.4 Å². The third kappa shape index (κ3) is 4.74. The van der Waals surface area contributed by atoms with Gasteiger partial charge in [-0.2, -0.15) is 0 Å². The number of anilines is 3. The molecule has 4 N–H and O–H groups in total. The van der Waals surface area contributed by atoms with Crippen molar-refractivity contribution in [3.05, 3.63) is 46.4 Å². The average molecular weight is 419 g/mol. The molecule has 0 bridgehead atoms. The molecule has 6 nitrogen and oxygen atoms in total. The first-order chi connectivity index (χ1) is 11.6. The van der Waals surface area contributed by atoms with Crippen molar-refractivity contribution in [3.63, 3.8) is 0 Å². The summed E-state index contributed by atoms with van der Waals surface area (Å²) in [5, 5.41) is 6.68. The maximum atomic E-state index is 12.2. The van der Waals surface area contributed by atoms with Gasteiger partial charge >= 0.3 is 0 Å². The van der Waals surface area contributed by atoms with Crippen LogP contribution < -0.4 is 16.4 Å². The average Bonchev–Trinajstić information content (AvgIpc) is 2.52. The lowest BCUT2D eigenvalue weighted by Gasteiger charge is -2.14. The molecule has 134 valence electrons. The van der Waals surface area contributed by atoms with Gasteiger partial charge in [-0.15, -0.1) is 0 Å². The minimum absolute atomic E-state index is 0.156. The molecular formula is C15H16Cl2N4O2S2. The molecule has 0 radical (unpaired) electrons. The number of nitrogens with one attached hydrogen (secondary N) is 2. The van der Waals surface area contributed by atoms with E-state index < -0.39 is 10.0 Å². The predicted octanol–water partition coefficient (Wildman–Crippen LogP) is 3.63. The lowest BCUT2D eigenvalue weighted by atomic mass is 10.3. The first-order valence-corrected chi connectivity index (χ1v) is 9.57. The van der Waals surface area contributed by atoms with E-state index in [-0.39, 0.29) is 15.7 Å². The van der Waals surface area contributed by atoms with Gasteiger partial charge in [0, 0.05) is 25.5 Å². The molecule has 0 aromatic heterocycles. The summed E-state index contributed by atoms with van der Waals surface area (Å²) in [6, 6.07) is 9.50. The van der Waals surface area contributed by atoms with Crippen molar-refractivity contribution in [2.24, 2.45) is 0 Å². The minimum atomic E-state index is -3.53. The summed E-state index contributed by atoms with van der Waals surface area (Å²) in [4.78, 5) is 0.156. The number of hydrogen-bond donors (Lipinski definition) is 3. The van der Waals surface area contributed by atoms with Crippen LogP contribution in [0.4, 0.5) is 17.1 Å². The number of nitrogens with zero attached hydrogens (tertiary/aromatic N) is 1. The van der Waals surface area contributed by atoms with E-state index in [1.807, 2.05) is 0 Å². The molecule has 0 amide bonds. The fourth-order valence-corrected chi connectivity index (χ4v) is 3.57. The van der Waals surface area contributed by atoms with Gasteiger partial charge in [-0.05, 0) is 42.5 Å². The van der Waals surface area contributed by atoms with E-state index in [9.17, 15) is 8.42 Å². The summed E-state index contributed by atoms with van der Waals surface area (Å²) in [5.74, 6) is 0. The highest BCUT2D eigenvalue weighted by molar-refractivity contribution is 7.89. The van der Waals surface area contributed by atoms with Gasteiger partial charge in [-0.25, -0.2) is 12.7 Å². The van der Waals surface area contributed by atoms with Crippen LogP contribution in [0.25, 0.3) is 0 Å². The molecular weight excluding hydrogens is 403 g/mol. The molecule has 0 unspecified atom stereocenters. The van der Waals surface area contributed by atoms with Gasteiger partial charge in [0.25, 0.3) is 0 Å². The molecule has 2 aromatic carbocycles. The molecule has 10 heteroatoms. The lowest BCUT2D eigenvalue weighted by molar-refractivity contribution is 0.521. The molecule has 25 heavy (non-hydrogen) atoms. The SMILES string of the molecule is CN(C)S(=O)(=O)c1cccc(NC(=S)Nc2cc(Cl)c(N)c(Cl)c2)c1. The molecule has 0 atom stereocenters. The van der Waals surface area contributed by atoms with Crippen LogP contribution in [-0.2, 0) is 10.0 Å². The van der Waals surface area contributed by atoms with E-state index in [4.69, 9.17) is 41.2 Å². The Bertz CT molecular complexity index is 894. The molecule has 2 rings (SSSR count). The fraction of sp³-hybridized carbons (Fsp3) is 0.133. The van der Waals surface area contributed by atoms with E-state index in [2.05, 4.69) is 10.6 Å². The molecule has 0 fully saturated rings. The van der Waals surface area contributed by atoms with Crippen LogP contribution in [0.1, 0.15) is 0 Å². The molecule has 0 heterocycles. The van der Waals surface area contributed by atoms with E-state index in [0.717, 1.165) is 4.31 Å². The van der Waals surface area contributed by atoms with Gasteiger partial charge in [-0.3, -0.25) is 0 Å². The summed E-state index contributed by atoms with van der Waals surface area (Å²) < 4.78 is 25.5. The molecule has 0 spiro atoms. The third-order valence-electron chi connectivity index (χ3n) is 3.21. The first-order valence-electron chi connectivity index (χ1n) is 6.96. The minimum Gasteiger partial charge on any atom is -0.396 e. The normalized spacial score (nSPS) is 11.4. The van der Waals surface area contributed by atoms with Crippen LogP contribution in [0.15, 0.2) is 41.3 Å². The van der Waals surface area contributed by atoms with Crippen LogP contribution in [0.2, 0.25) is 10.0 Å². The Hall–Kier alpha value is -1.58. The van der Waals surface area contributed by atoms with Crippen molar-refractivity contribution < 1.29 is 8.42 Å². The number of hydrogen-bond acceptors (Lipinski definition) is 4. The second-order valence-electron chi connectivity index (χ2n) is 5.25. The Balaban J connectivity index is 2.16. The smallest absolute Gasteiger partial charge is 0.242 e. The van der Waals surface area contributed by atoms with Crippen molar-refractivity contribution in [2.45, 2.75) is 4.90 Å². The van der Waals surface area contributed by atoms with E-state index in [1.54, 1.807) is 24.3 Å². The lowest BCUT2D eigenvalue weighted by Crippen LogP contribution is -2.23. The molecule has 0 saturated heterocycles. The largest absolute Gasteiger partial charge is 0.396 e. The van der Waals surface area contributed by atoms with Gasteiger partial charge in [0.05, 0.1) is 20.6 Å². The second kappa shape index (κ2) is 7.76. The van der Waals surface area contributed by atoms with Gasteiger partial charge in [0.1, 0.15) is 0 Å². The molecule has 0 aliphatic heterocycles. The zero-order valence-electron chi connectivity index (χ0n) is 13.4. The summed E-state index contributed by atoms with van der Waals surface area (Å²) in [6.07, 6.45) is 0. The topological polar surface area (TPSA) is 87.5 Å². The highest BCUT2D eigenvalue weighted by Crippen LogP contribution is 2.31. The number of rotatable bonds is 4. The van der Waals surface area contributed by atoms with Crippen LogP contribution >= 0.6 is 35.4 Å². The molecule has 0 saturated carbocycles. The van der Waals surface area contributed by atoms with Crippen molar-refractivity contribution >= 4 is 67.6 Å². The van der Waals surface area contributed by atoms with Gasteiger partial charge < -0.3 is 16.4 Å². The molecule has 0 aliphatic rings. The van der Waals surface area contributed by atoms with Crippen LogP contribution in [0.3, 0.4) is 0 Å². The first kappa shape index (κ1) is 19.7. The Morgan fingerprint density at radius 3 is 2.20 bits per heavy atom. The summed E-state index contributed by atoms with van der Waals surface area (Å²) in [5.41, 5.74) is 7.05. The van der Waals surface area contributed by atoms with Crippen LogP contribution in [-0.4, -0.2) is 31.9 Å². The fourth-order valence-electron chi connectivity index (χ4n) is 1.90. The maximum absolute atomic E-state index is 12.2.